The van der Waals surface area contributed by atoms with Gasteiger partial charge in [0, 0.05) is 19.0 Å². The third-order valence-corrected chi connectivity index (χ3v) is 5.60. The SMILES string of the molecule is C[C@@H](Oc1ccccc1)C(=O)N1CCC[C@H](n2cc(-c3nc(C4CC4)no3)nn2)C1. The van der Waals surface area contributed by atoms with Gasteiger partial charge in [0.25, 0.3) is 11.8 Å². The van der Waals surface area contributed by atoms with E-state index in [9.17, 15) is 4.79 Å². The van der Waals surface area contributed by atoms with E-state index in [1.807, 2.05) is 41.4 Å². The van der Waals surface area contributed by atoms with Gasteiger partial charge in [-0.1, -0.05) is 28.6 Å². The minimum absolute atomic E-state index is 0.0186. The number of hydrogen-bond donors (Lipinski definition) is 0. The minimum Gasteiger partial charge on any atom is -0.481 e. The largest absolute Gasteiger partial charge is 0.481 e. The van der Waals surface area contributed by atoms with E-state index in [1.54, 1.807) is 11.6 Å². The number of para-hydroxylation sites is 1. The van der Waals surface area contributed by atoms with Crippen LogP contribution in [0.25, 0.3) is 11.6 Å². The molecule has 156 valence electrons. The van der Waals surface area contributed by atoms with Gasteiger partial charge >= 0.3 is 0 Å². The van der Waals surface area contributed by atoms with Gasteiger partial charge in [-0.3, -0.25) is 4.79 Å². The molecule has 30 heavy (non-hydrogen) atoms. The number of nitrogens with zero attached hydrogens (tertiary/aromatic N) is 6. The Labute approximate surface area is 174 Å². The lowest BCUT2D eigenvalue weighted by Crippen LogP contribution is -2.46. The number of hydrogen-bond acceptors (Lipinski definition) is 7. The molecule has 0 radical (unpaired) electrons. The van der Waals surface area contributed by atoms with Crippen molar-refractivity contribution in [1.29, 1.82) is 0 Å². The molecule has 1 amide bonds. The number of benzene rings is 1. The van der Waals surface area contributed by atoms with Crippen LogP contribution in [0.3, 0.4) is 0 Å². The van der Waals surface area contributed by atoms with Crippen LogP contribution in [0.1, 0.15) is 50.4 Å². The number of ether oxygens (including phenoxy) is 1. The molecule has 1 saturated carbocycles. The van der Waals surface area contributed by atoms with Gasteiger partial charge in [0.2, 0.25) is 0 Å². The Hall–Kier alpha value is -3.23. The lowest BCUT2D eigenvalue weighted by atomic mass is 10.1. The summed E-state index contributed by atoms with van der Waals surface area (Å²) in [4.78, 5) is 19.2. The Morgan fingerprint density at radius 2 is 2.07 bits per heavy atom. The van der Waals surface area contributed by atoms with Crippen molar-refractivity contribution in [3.05, 3.63) is 42.4 Å². The highest BCUT2D eigenvalue weighted by Gasteiger charge is 2.31. The zero-order valence-electron chi connectivity index (χ0n) is 16.8. The summed E-state index contributed by atoms with van der Waals surface area (Å²) in [6, 6.07) is 9.46. The molecule has 0 spiro atoms. The number of carbonyl (C=O) groups excluding carboxylic acids is 1. The minimum atomic E-state index is -0.545. The summed E-state index contributed by atoms with van der Waals surface area (Å²) in [6.07, 6.45) is 5.34. The van der Waals surface area contributed by atoms with Gasteiger partial charge in [0.05, 0.1) is 12.2 Å². The molecule has 0 bridgehead atoms. The van der Waals surface area contributed by atoms with Crippen LogP contribution < -0.4 is 4.74 Å². The Morgan fingerprint density at radius 3 is 2.87 bits per heavy atom. The molecule has 5 rings (SSSR count). The van der Waals surface area contributed by atoms with Crippen molar-refractivity contribution < 1.29 is 14.1 Å². The van der Waals surface area contributed by atoms with Crippen molar-refractivity contribution in [2.75, 3.05) is 13.1 Å². The standard InChI is InChI=1S/C21H24N6O3/c1-14(29-17-7-3-2-4-8-17)21(28)26-11-5-6-16(12-26)27-13-18(23-25-27)20-22-19(24-30-20)15-9-10-15/h2-4,7-8,13-16H,5-6,9-12H2,1H3/t14-,16+/m1/s1. The van der Waals surface area contributed by atoms with E-state index in [1.165, 1.54) is 0 Å². The lowest BCUT2D eigenvalue weighted by molar-refractivity contribution is -0.139. The number of rotatable bonds is 6. The van der Waals surface area contributed by atoms with E-state index in [2.05, 4.69) is 20.5 Å². The highest BCUT2D eigenvalue weighted by atomic mass is 16.5. The Bertz CT molecular complexity index is 1010. The average Bonchev–Trinajstić information content (AvgIpc) is 3.30. The van der Waals surface area contributed by atoms with Gasteiger partial charge in [-0.05, 0) is 44.7 Å². The molecule has 1 aliphatic carbocycles. The second kappa shape index (κ2) is 7.89. The highest BCUT2D eigenvalue weighted by Crippen LogP contribution is 2.38. The molecule has 0 N–H and O–H groups in total. The third-order valence-electron chi connectivity index (χ3n) is 5.60. The molecule has 9 heteroatoms. The fourth-order valence-corrected chi connectivity index (χ4v) is 3.78. The number of likely N-dealkylation sites (tertiary alicyclic amines) is 1. The molecule has 3 heterocycles. The number of piperidine rings is 1. The first kappa shape index (κ1) is 18.8. The van der Waals surface area contributed by atoms with Gasteiger partial charge in [0.15, 0.2) is 17.6 Å². The summed E-state index contributed by atoms with van der Waals surface area (Å²) in [5.41, 5.74) is 0.568. The van der Waals surface area contributed by atoms with Gasteiger partial charge in [-0.2, -0.15) is 4.98 Å². The van der Waals surface area contributed by atoms with E-state index < -0.39 is 6.10 Å². The molecule has 2 atom stereocenters. The van der Waals surface area contributed by atoms with Gasteiger partial charge in [-0.25, -0.2) is 4.68 Å². The molecule has 1 saturated heterocycles. The summed E-state index contributed by atoms with van der Waals surface area (Å²) in [5, 5.41) is 12.5. The van der Waals surface area contributed by atoms with Crippen LogP contribution >= 0.6 is 0 Å². The van der Waals surface area contributed by atoms with Crippen LogP contribution in [0.5, 0.6) is 5.75 Å². The van der Waals surface area contributed by atoms with Crippen LogP contribution in [0.15, 0.2) is 41.1 Å². The number of carbonyl (C=O) groups is 1. The van der Waals surface area contributed by atoms with Gasteiger partial charge in [0.1, 0.15) is 5.75 Å². The maximum Gasteiger partial charge on any atom is 0.280 e. The fourth-order valence-electron chi connectivity index (χ4n) is 3.78. The van der Waals surface area contributed by atoms with Gasteiger partial charge in [-0.15, -0.1) is 5.10 Å². The van der Waals surface area contributed by atoms with Crippen LogP contribution in [0.2, 0.25) is 0 Å². The topological polar surface area (TPSA) is 99.2 Å². The Morgan fingerprint density at radius 1 is 1.23 bits per heavy atom. The molecule has 0 unspecified atom stereocenters. The molecule has 1 aromatic carbocycles. The van der Waals surface area contributed by atoms with Crippen LogP contribution in [0, 0.1) is 0 Å². The van der Waals surface area contributed by atoms with Crippen LogP contribution in [-0.4, -0.2) is 55.1 Å². The maximum absolute atomic E-state index is 12.9. The Kier molecular flexibility index (Phi) is 4.94. The molecule has 1 aliphatic heterocycles. The first-order valence-corrected chi connectivity index (χ1v) is 10.4. The van der Waals surface area contributed by atoms with E-state index in [0.717, 1.165) is 31.5 Å². The second-order valence-electron chi connectivity index (χ2n) is 7.97. The normalized spacial score (nSPS) is 20.2. The molecular weight excluding hydrogens is 384 g/mol. The summed E-state index contributed by atoms with van der Waals surface area (Å²) in [6.45, 7) is 3.08. The predicted molar refractivity (Wildman–Crippen MR) is 107 cm³/mol. The van der Waals surface area contributed by atoms with Crippen molar-refractivity contribution in [2.24, 2.45) is 0 Å². The molecule has 9 nitrogen and oxygen atoms in total. The van der Waals surface area contributed by atoms with Crippen molar-refractivity contribution in [2.45, 2.75) is 50.7 Å². The smallest absolute Gasteiger partial charge is 0.280 e. The fraction of sp³-hybridized carbons (Fsp3) is 0.476. The maximum atomic E-state index is 12.9. The average molecular weight is 408 g/mol. The van der Waals surface area contributed by atoms with E-state index in [4.69, 9.17) is 9.26 Å². The number of amides is 1. The third kappa shape index (κ3) is 3.92. The monoisotopic (exact) mass is 408 g/mol. The highest BCUT2D eigenvalue weighted by molar-refractivity contribution is 5.81. The summed E-state index contributed by atoms with van der Waals surface area (Å²) in [5.74, 6) is 2.25. The van der Waals surface area contributed by atoms with Crippen LogP contribution in [0.4, 0.5) is 0 Å². The van der Waals surface area contributed by atoms with E-state index in [0.29, 0.717) is 36.3 Å². The van der Waals surface area contributed by atoms with E-state index in [-0.39, 0.29) is 11.9 Å². The van der Waals surface area contributed by atoms with Crippen molar-refractivity contribution in [3.8, 4) is 17.3 Å². The molecular formula is C21H24N6O3. The quantitative estimate of drug-likeness (QED) is 0.618. The molecule has 2 aliphatic rings. The second-order valence-corrected chi connectivity index (χ2v) is 7.97. The predicted octanol–water partition coefficient (Wildman–Crippen LogP) is 2.84. The molecule has 2 fully saturated rings. The van der Waals surface area contributed by atoms with Gasteiger partial charge < -0.3 is 14.2 Å². The lowest BCUT2D eigenvalue weighted by Gasteiger charge is -2.34. The molecule has 3 aromatic rings. The zero-order valence-corrected chi connectivity index (χ0v) is 16.8. The van der Waals surface area contributed by atoms with Crippen molar-refractivity contribution in [1.82, 2.24) is 30.0 Å². The summed E-state index contributed by atoms with van der Waals surface area (Å²) in [7, 11) is 0. The van der Waals surface area contributed by atoms with E-state index >= 15 is 0 Å². The first-order chi connectivity index (χ1) is 14.7. The Balaban J connectivity index is 1.24. The first-order valence-electron chi connectivity index (χ1n) is 10.4. The van der Waals surface area contributed by atoms with Crippen LogP contribution in [-0.2, 0) is 4.79 Å². The number of aromatic nitrogens is 5. The summed E-state index contributed by atoms with van der Waals surface area (Å²) >= 11 is 0. The van der Waals surface area contributed by atoms with Crippen molar-refractivity contribution in [3.63, 3.8) is 0 Å². The molecule has 2 aromatic heterocycles. The zero-order chi connectivity index (χ0) is 20.5. The summed E-state index contributed by atoms with van der Waals surface area (Å²) < 4.78 is 13.0. The van der Waals surface area contributed by atoms with Crippen molar-refractivity contribution >= 4 is 5.91 Å².